The molecule has 0 atom stereocenters. The van der Waals surface area contributed by atoms with Crippen LogP contribution in [-0.4, -0.2) is 4.57 Å². The summed E-state index contributed by atoms with van der Waals surface area (Å²) in [6, 6.07) is 87.7. The second kappa shape index (κ2) is 15.0. The Bertz CT molecular complexity index is 3920. The van der Waals surface area contributed by atoms with Crippen molar-refractivity contribution >= 4 is 82.4 Å². The topological polar surface area (TPSA) is 21.3 Å². The van der Waals surface area contributed by atoms with Gasteiger partial charge in [0.25, 0.3) is 0 Å². The van der Waals surface area contributed by atoms with E-state index in [1.165, 1.54) is 49.0 Å². The van der Waals surface area contributed by atoms with Crippen LogP contribution in [0.1, 0.15) is 0 Å². The average Bonchev–Trinajstić information content (AvgIpc) is 3.92. The third kappa shape index (κ3) is 6.12. The normalized spacial score (nSPS) is 11.7. The molecule has 0 radical (unpaired) electrons. The van der Waals surface area contributed by atoms with Gasteiger partial charge in [-0.1, -0.05) is 170 Å². The summed E-state index contributed by atoms with van der Waals surface area (Å²) in [6.07, 6.45) is 0. The van der Waals surface area contributed by atoms with Crippen LogP contribution >= 0.6 is 0 Å². The van der Waals surface area contributed by atoms with Crippen LogP contribution in [0, 0.1) is 0 Å². The van der Waals surface area contributed by atoms with Gasteiger partial charge in [-0.25, -0.2) is 0 Å². The van der Waals surface area contributed by atoms with Gasteiger partial charge in [0.1, 0.15) is 11.2 Å². The Labute approximate surface area is 376 Å². The molecule has 0 N–H and O–H groups in total. The van der Waals surface area contributed by atoms with Gasteiger partial charge < -0.3 is 13.9 Å². The van der Waals surface area contributed by atoms with Crippen LogP contribution in [0.15, 0.2) is 247 Å². The Morgan fingerprint density at radius 1 is 0.308 bits per heavy atom. The second-order valence-electron chi connectivity index (χ2n) is 16.9. The van der Waals surface area contributed by atoms with Crippen LogP contribution in [0.5, 0.6) is 0 Å². The van der Waals surface area contributed by atoms with Crippen LogP contribution in [0.25, 0.3) is 104 Å². The van der Waals surface area contributed by atoms with Crippen molar-refractivity contribution in [2.45, 2.75) is 0 Å². The van der Waals surface area contributed by atoms with Gasteiger partial charge in [0.15, 0.2) is 0 Å². The zero-order valence-electron chi connectivity index (χ0n) is 35.4. The van der Waals surface area contributed by atoms with Gasteiger partial charge >= 0.3 is 0 Å². The zero-order valence-corrected chi connectivity index (χ0v) is 35.4. The van der Waals surface area contributed by atoms with Crippen LogP contribution in [0.4, 0.5) is 17.1 Å². The quantitative estimate of drug-likeness (QED) is 0.149. The average molecular weight is 829 g/mol. The lowest BCUT2D eigenvalue weighted by Gasteiger charge is -2.26. The van der Waals surface area contributed by atoms with Gasteiger partial charge in [-0.15, -0.1) is 0 Å². The van der Waals surface area contributed by atoms with Crippen LogP contribution in [-0.2, 0) is 0 Å². The molecular weight excluding hydrogens is 789 g/mol. The largest absolute Gasteiger partial charge is 0.455 e. The number of hydrogen-bond acceptors (Lipinski definition) is 2. The van der Waals surface area contributed by atoms with Gasteiger partial charge in [-0.05, 0) is 122 Å². The summed E-state index contributed by atoms with van der Waals surface area (Å²) < 4.78 is 8.92. The highest BCUT2D eigenvalue weighted by atomic mass is 16.3. The van der Waals surface area contributed by atoms with Crippen molar-refractivity contribution < 1.29 is 4.42 Å². The molecule has 0 aliphatic heterocycles. The lowest BCUT2D eigenvalue weighted by Crippen LogP contribution is -2.10. The van der Waals surface area contributed by atoms with E-state index in [-0.39, 0.29) is 0 Å². The lowest BCUT2D eigenvalue weighted by molar-refractivity contribution is 0.670. The monoisotopic (exact) mass is 828 g/mol. The predicted octanol–water partition coefficient (Wildman–Crippen LogP) is 17.5. The SMILES string of the molecule is c1ccc(-c2cccc3c2oc2ccc(-c4ccc(N(c5ccc(-c6cc7ccccc7c7ccccc67)cc5)c5ccc6c7ccccc7n(-c7ccccc7)c6c5)cc4)cc23)cc1. The van der Waals surface area contributed by atoms with Gasteiger partial charge in [0.2, 0.25) is 0 Å². The number of aromatic nitrogens is 1. The highest BCUT2D eigenvalue weighted by Gasteiger charge is 2.19. The van der Waals surface area contributed by atoms with Crippen molar-refractivity contribution in [3.8, 4) is 39.1 Å². The number of benzene rings is 11. The van der Waals surface area contributed by atoms with E-state index in [4.69, 9.17) is 4.42 Å². The van der Waals surface area contributed by atoms with E-state index in [1.54, 1.807) is 0 Å². The molecule has 0 fully saturated rings. The van der Waals surface area contributed by atoms with Gasteiger partial charge in [-0.2, -0.15) is 0 Å². The number of fused-ring (bicyclic) bond motifs is 9. The Kier molecular flexibility index (Phi) is 8.53. The van der Waals surface area contributed by atoms with E-state index in [2.05, 4.69) is 246 Å². The zero-order chi connectivity index (χ0) is 42.8. The van der Waals surface area contributed by atoms with E-state index in [0.29, 0.717) is 0 Å². The molecule has 0 saturated heterocycles. The number of rotatable bonds is 7. The molecule has 0 saturated carbocycles. The lowest BCUT2D eigenvalue weighted by atomic mass is 9.93. The fourth-order valence-corrected chi connectivity index (χ4v) is 10.1. The standard InChI is InChI=1S/C62H40N2O/c1-3-14-42(15-4-1)51-23-13-24-56-58-38-44(30-37-61(58)65-62(51)56)41-26-31-47(32-27-41)63(49-35-36-55-54-22-11-12-25-59(54)64(60(55)40-49)46-17-5-2-6-18-46)48-33-28-43(29-34-48)57-39-45-16-7-8-19-50(45)52-20-9-10-21-53(52)57/h1-40H. The van der Waals surface area contributed by atoms with Crippen molar-refractivity contribution in [3.63, 3.8) is 0 Å². The van der Waals surface area contributed by atoms with E-state index < -0.39 is 0 Å². The van der Waals surface area contributed by atoms with Crippen LogP contribution in [0.2, 0.25) is 0 Å². The number of anilines is 3. The molecule has 2 heterocycles. The molecule has 2 aromatic heterocycles. The molecule has 0 spiro atoms. The number of hydrogen-bond donors (Lipinski definition) is 0. The smallest absolute Gasteiger partial charge is 0.143 e. The first-order chi connectivity index (χ1) is 32.2. The van der Waals surface area contributed by atoms with Crippen LogP contribution in [0.3, 0.4) is 0 Å². The summed E-state index contributed by atoms with van der Waals surface area (Å²) in [7, 11) is 0. The first-order valence-corrected chi connectivity index (χ1v) is 22.2. The minimum Gasteiger partial charge on any atom is -0.455 e. The summed E-state index contributed by atoms with van der Waals surface area (Å²) in [5, 5.41) is 9.73. The van der Waals surface area contributed by atoms with Gasteiger partial charge in [-0.3, -0.25) is 0 Å². The third-order valence-electron chi connectivity index (χ3n) is 13.2. The number of para-hydroxylation sites is 3. The molecule has 0 unspecified atom stereocenters. The Morgan fingerprint density at radius 3 is 1.68 bits per heavy atom. The maximum absolute atomic E-state index is 6.53. The van der Waals surface area contributed by atoms with E-state index in [0.717, 1.165) is 72.5 Å². The van der Waals surface area contributed by atoms with Gasteiger partial charge in [0.05, 0.1) is 11.0 Å². The first-order valence-electron chi connectivity index (χ1n) is 22.2. The first kappa shape index (κ1) is 36.9. The molecule has 3 nitrogen and oxygen atoms in total. The molecule has 13 aromatic rings. The molecule has 3 heteroatoms. The molecule has 11 aromatic carbocycles. The highest BCUT2D eigenvalue weighted by Crippen LogP contribution is 2.43. The van der Waals surface area contributed by atoms with Gasteiger partial charge in [0, 0.05) is 49.9 Å². The molecule has 0 bridgehead atoms. The molecule has 0 aliphatic carbocycles. The van der Waals surface area contributed by atoms with Crippen LogP contribution < -0.4 is 4.90 Å². The maximum Gasteiger partial charge on any atom is 0.143 e. The Morgan fingerprint density at radius 2 is 0.892 bits per heavy atom. The minimum atomic E-state index is 0.887. The minimum absolute atomic E-state index is 0.887. The maximum atomic E-state index is 6.53. The van der Waals surface area contributed by atoms with Crippen molar-refractivity contribution in [3.05, 3.63) is 243 Å². The van der Waals surface area contributed by atoms with Crippen molar-refractivity contribution in [1.82, 2.24) is 4.57 Å². The molecule has 304 valence electrons. The van der Waals surface area contributed by atoms with Crippen molar-refractivity contribution in [2.24, 2.45) is 0 Å². The fraction of sp³-hybridized carbons (Fsp3) is 0. The number of nitrogens with zero attached hydrogens (tertiary/aromatic N) is 2. The Balaban J connectivity index is 0.945. The van der Waals surface area contributed by atoms with Crippen molar-refractivity contribution in [1.29, 1.82) is 0 Å². The molecule has 0 aliphatic rings. The molecular formula is C62H40N2O. The Hall–Kier alpha value is -8.66. The fourth-order valence-electron chi connectivity index (χ4n) is 10.1. The summed E-state index contributed by atoms with van der Waals surface area (Å²) >= 11 is 0. The highest BCUT2D eigenvalue weighted by molar-refractivity contribution is 6.14. The summed E-state index contributed by atoms with van der Waals surface area (Å²) in [5.41, 5.74) is 15.5. The molecule has 13 rings (SSSR count). The summed E-state index contributed by atoms with van der Waals surface area (Å²) in [4.78, 5) is 2.39. The molecule has 0 amide bonds. The predicted molar refractivity (Wildman–Crippen MR) is 274 cm³/mol. The summed E-state index contributed by atoms with van der Waals surface area (Å²) in [5.74, 6) is 0. The summed E-state index contributed by atoms with van der Waals surface area (Å²) in [6.45, 7) is 0. The number of furan rings is 1. The van der Waals surface area contributed by atoms with Crippen molar-refractivity contribution in [2.75, 3.05) is 4.90 Å². The van der Waals surface area contributed by atoms with E-state index in [9.17, 15) is 0 Å². The third-order valence-corrected chi connectivity index (χ3v) is 13.2. The second-order valence-corrected chi connectivity index (χ2v) is 16.9. The molecule has 65 heavy (non-hydrogen) atoms. The van der Waals surface area contributed by atoms with E-state index in [1.807, 2.05) is 6.07 Å². The van der Waals surface area contributed by atoms with E-state index >= 15 is 0 Å².